The van der Waals surface area contributed by atoms with Crippen LogP contribution in [-0.2, 0) is 0 Å². The topological polar surface area (TPSA) is 0 Å². The van der Waals surface area contributed by atoms with Crippen LogP contribution in [0.25, 0.3) is 0 Å². The van der Waals surface area contributed by atoms with E-state index in [0.717, 1.165) is 9.37 Å². The molecule has 55 valence electrons. The average molecular weight is 226 g/mol. The Morgan fingerprint density at radius 3 is 2.91 bits per heavy atom. The van der Waals surface area contributed by atoms with Crippen molar-refractivity contribution in [3.63, 3.8) is 0 Å². The van der Waals surface area contributed by atoms with E-state index in [0.29, 0.717) is 0 Å². The Hall–Kier alpha value is -0.390. The van der Waals surface area contributed by atoms with E-state index >= 15 is 0 Å². The predicted octanol–water partition coefficient (Wildman–Crippen LogP) is 3.40. The smallest absolute Gasteiger partial charge is 0.0244 e. The van der Waals surface area contributed by atoms with Crippen molar-refractivity contribution < 1.29 is 0 Å². The molecule has 0 unspecified atom stereocenters. The van der Waals surface area contributed by atoms with Crippen molar-refractivity contribution in [2.24, 2.45) is 0 Å². The van der Waals surface area contributed by atoms with Gasteiger partial charge in [-0.1, -0.05) is 22.0 Å². The van der Waals surface area contributed by atoms with Gasteiger partial charge in [-0.05, 0) is 48.1 Å². The van der Waals surface area contributed by atoms with E-state index in [4.69, 9.17) is 6.42 Å². The summed E-state index contributed by atoms with van der Waals surface area (Å²) in [4.78, 5) is 1.08. The first-order valence-corrected chi connectivity index (χ1v) is 4.69. The molecule has 0 aliphatic rings. The van der Waals surface area contributed by atoms with Crippen LogP contribution in [0.5, 0.6) is 0 Å². The fourth-order valence-corrected chi connectivity index (χ4v) is 1.78. The lowest BCUT2D eigenvalue weighted by Gasteiger charge is -1.99. The standard InChI is InChI=1S/C9H6BrS/c1-3-11-9-6-8(10)5-4-7(9)2/h4-6H,2H3. The molecule has 0 spiro atoms. The average Bonchev–Trinajstić information content (AvgIpc) is 1.98. The lowest BCUT2D eigenvalue weighted by Crippen LogP contribution is -1.76. The molecule has 1 rings (SSSR count). The SMILES string of the molecule is [C]#CSc1cc(Br)ccc1C. The summed E-state index contributed by atoms with van der Waals surface area (Å²) in [6, 6.07) is 5.99. The Labute approximate surface area is 79.5 Å². The van der Waals surface area contributed by atoms with Gasteiger partial charge in [0, 0.05) is 9.37 Å². The number of rotatable bonds is 1. The molecule has 0 heterocycles. The van der Waals surface area contributed by atoms with Crippen molar-refractivity contribution >= 4 is 27.7 Å². The number of thioether (sulfide) groups is 1. The molecule has 0 saturated heterocycles. The normalized spacial score (nSPS) is 9.18. The van der Waals surface area contributed by atoms with Crippen molar-refractivity contribution in [1.29, 1.82) is 0 Å². The molecule has 0 atom stereocenters. The quantitative estimate of drug-likeness (QED) is 0.522. The molecule has 2 heteroatoms. The molecule has 1 aromatic rings. The first-order chi connectivity index (χ1) is 5.24. The van der Waals surface area contributed by atoms with Crippen LogP contribution in [0, 0.1) is 18.6 Å². The van der Waals surface area contributed by atoms with Crippen LogP contribution in [0.4, 0.5) is 0 Å². The number of hydrogen-bond donors (Lipinski definition) is 0. The minimum atomic E-state index is 1.04. The lowest BCUT2D eigenvalue weighted by atomic mass is 10.2. The van der Waals surface area contributed by atoms with Gasteiger partial charge in [0.05, 0.1) is 0 Å². The highest BCUT2D eigenvalue weighted by atomic mass is 79.9. The number of halogens is 1. The number of aryl methyl sites for hydroxylation is 1. The minimum Gasteiger partial charge on any atom is -0.0571 e. The van der Waals surface area contributed by atoms with Gasteiger partial charge in [-0.2, -0.15) is 0 Å². The van der Waals surface area contributed by atoms with Crippen molar-refractivity contribution in [2.45, 2.75) is 11.8 Å². The van der Waals surface area contributed by atoms with Gasteiger partial charge in [0.15, 0.2) is 0 Å². The summed E-state index contributed by atoms with van der Waals surface area (Å²) >= 11 is 4.67. The lowest BCUT2D eigenvalue weighted by molar-refractivity contribution is 1.30. The second kappa shape index (κ2) is 3.85. The minimum absolute atomic E-state index is 1.04. The molecule has 0 N–H and O–H groups in total. The summed E-state index contributed by atoms with van der Waals surface area (Å²) in [7, 11) is 0. The Balaban J connectivity index is 3.05. The second-order valence-corrected chi connectivity index (χ2v) is 3.88. The molecule has 0 aromatic heterocycles. The van der Waals surface area contributed by atoms with Crippen molar-refractivity contribution in [2.75, 3.05) is 0 Å². The highest BCUT2D eigenvalue weighted by molar-refractivity contribution is 9.10. The molecular formula is C9H6BrS. The third-order valence-electron chi connectivity index (χ3n) is 1.31. The molecule has 0 aliphatic carbocycles. The van der Waals surface area contributed by atoms with Crippen molar-refractivity contribution in [3.05, 3.63) is 34.7 Å². The first kappa shape index (κ1) is 8.70. The number of benzene rings is 1. The maximum Gasteiger partial charge on any atom is 0.0244 e. The highest BCUT2D eigenvalue weighted by Gasteiger charge is 1.97. The van der Waals surface area contributed by atoms with E-state index < -0.39 is 0 Å². The molecule has 0 aliphatic heterocycles. The van der Waals surface area contributed by atoms with Gasteiger partial charge in [-0.15, -0.1) is 0 Å². The monoisotopic (exact) mass is 225 g/mol. The molecule has 1 aromatic carbocycles. The van der Waals surface area contributed by atoms with Gasteiger partial charge >= 0.3 is 0 Å². The van der Waals surface area contributed by atoms with E-state index in [9.17, 15) is 0 Å². The third-order valence-corrected chi connectivity index (χ3v) is 2.57. The maximum absolute atomic E-state index is 6.80. The van der Waals surface area contributed by atoms with E-state index in [1.165, 1.54) is 17.3 Å². The number of hydrogen-bond acceptors (Lipinski definition) is 1. The van der Waals surface area contributed by atoms with Crippen LogP contribution in [0.1, 0.15) is 5.56 Å². The molecule has 11 heavy (non-hydrogen) atoms. The van der Waals surface area contributed by atoms with Gasteiger partial charge in [0.1, 0.15) is 0 Å². The molecule has 0 amide bonds. The first-order valence-electron chi connectivity index (χ1n) is 3.09. The maximum atomic E-state index is 6.80. The summed E-state index contributed by atoms with van der Waals surface area (Å²) in [6.45, 7) is 2.02. The molecule has 0 fully saturated rings. The summed E-state index contributed by atoms with van der Waals surface area (Å²) in [5.74, 6) is 0. The highest BCUT2D eigenvalue weighted by Crippen LogP contribution is 2.24. The summed E-state index contributed by atoms with van der Waals surface area (Å²) in [6.07, 6.45) is 6.80. The van der Waals surface area contributed by atoms with E-state index in [1.807, 2.05) is 25.1 Å². The Bertz CT molecular complexity index is 299. The summed E-state index contributed by atoms with van der Waals surface area (Å²) < 4.78 is 1.04. The zero-order valence-electron chi connectivity index (χ0n) is 6.02. The van der Waals surface area contributed by atoms with Crippen LogP contribution in [0.15, 0.2) is 27.6 Å². The van der Waals surface area contributed by atoms with Crippen LogP contribution in [0.2, 0.25) is 0 Å². The second-order valence-electron chi connectivity index (χ2n) is 2.11. The van der Waals surface area contributed by atoms with Gasteiger partial charge < -0.3 is 0 Å². The molecule has 0 saturated carbocycles. The van der Waals surface area contributed by atoms with E-state index in [2.05, 4.69) is 21.2 Å². The van der Waals surface area contributed by atoms with Crippen LogP contribution in [-0.4, -0.2) is 0 Å². The van der Waals surface area contributed by atoms with Crippen molar-refractivity contribution in [3.8, 4) is 5.25 Å². The fourth-order valence-electron chi connectivity index (χ4n) is 0.739. The molecule has 0 bridgehead atoms. The van der Waals surface area contributed by atoms with Gasteiger partial charge in [0.2, 0.25) is 0 Å². The Morgan fingerprint density at radius 1 is 1.55 bits per heavy atom. The Morgan fingerprint density at radius 2 is 2.27 bits per heavy atom. The fraction of sp³-hybridized carbons (Fsp3) is 0.111. The van der Waals surface area contributed by atoms with Crippen LogP contribution < -0.4 is 0 Å². The zero-order chi connectivity index (χ0) is 8.27. The van der Waals surface area contributed by atoms with Gasteiger partial charge in [0.25, 0.3) is 0 Å². The predicted molar refractivity (Wildman–Crippen MR) is 51.9 cm³/mol. The van der Waals surface area contributed by atoms with Gasteiger partial charge in [-0.25, -0.2) is 0 Å². The van der Waals surface area contributed by atoms with Crippen molar-refractivity contribution in [1.82, 2.24) is 0 Å². The van der Waals surface area contributed by atoms with Crippen LogP contribution in [0.3, 0.4) is 0 Å². The van der Waals surface area contributed by atoms with Crippen LogP contribution >= 0.6 is 27.7 Å². The summed E-state index contributed by atoms with van der Waals surface area (Å²) in [5, 5.41) is 2.30. The van der Waals surface area contributed by atoms with E-state index in [-0.39, 0.29) is 0 Å². The molecule has 1 radical (unpaired) electrons. The van der Waals surface area contributed by atoms with E-state index in [1.54, 1.807) is 0 Å². The molecular weight excluding hydrogens is 220 g/mol. The Kier molecular flexibility index (Phi) is 3.04. The largest absolute Gasteiger partial charge is 0.0571 e. The third kappa shape index (κ3) is 2.28. The zero-order valence-corrected chi connectivity index (χ0v) is 8.42. The molecule has 0 nitrogen and oxygen atoms in total. The van der Waals surface area contributed by atoms with Gasteiger partial charge in [-0.3, -0.25) is 0 Å². The summed E-state index contributed by atoms with van der Waals surface area (Å²) in [5.41, 5.74) is 1.18.